The molecule has 0 saturated heterocycles. The molecule has 5 heteroatoms. The van der Waals surface area contributed by atoms with Crippen LogP contribution in [0.15, 0.2) is 12.3 Å². The molecule has 0 bridgehead atoms. The molecule has 0 fully saturated rings. The highest BCUT2D eigenvalue weighted by Gasteiger charge is 2.15. The van der Waals surface area contributed by atoms with Crippen LogP contribution in [0.4, 0.5) is 4.79 Å². The second-order valence-corrected chi connectivity index (χ2v) is 5.31. The summed E-state index contributed by atoms with van der Waals surface area (Å²) >= 11 is 5.93. The summed E-state index contributed by atoms with van der Waals surface area (Å²) < 4.78 is 5.08. The predicted octanol–water partition coefficient (Wildman–Crippen LogP) is 2.92. The van der Waals surface area contributed by atoms with Gasteiger partial charge >= 0.3 is 6.09 Å². The Bertz CT molecular complexity index is 504. The van der Waals surface area contributed by atoms with Gasteiger partial charge in [-0.1, -0.05) is 23.4 Å². The number of carbonyl (C=O) groups is 1. The molecule has 1 amide bonds. The smallest absolute Gasteiger partial charge is 0.408 e. The maximum atomic E-state index is 11.4. The second kappa shape index (κ2) is 6.44. The number of nitrogens with zero attached hydrogens (tertiary/aromatic N) is 1. The van der Waals surface area contributed by atoms with Crippen LogP contribution >= 0.6 is 11.6 Å². The lowest BCUT2D eigenvalue weighted by Crippen LogP contribution is -2.32. The van der Waals surface area contributed by atoms with Crippen molar-refractivity contribution in [1.29, 1.82) is 0 Å². The molecular weight excluding hydrogens is 264 g/mol. The molecule has 0 aliphatic rings. The Morgan fingerprint density at radius 2 is 2.21 bits per heavy atom. The third kappa shape index (κ3) is 5.62. The number of nitrogens with one attached hydrogen (secondary N) is 1. The molecule has 1 heterocycles. The third-order valence-corrected chi connectivity index (χ3v) is 2.33. The standard InChI is InChI=1S/C14H17ClN2O2/c1-10-7-9-16-12(15)11(10)6-5-8-17-13(18)19-14(2,3)4/h7,9H,8H2,1-4H3,(H,17,18). The van der Waals surface area contributed by atoms with Gasteiger partial charge in [0.25, 0.3) is 0 Å². The Labute approximate surface area is 118 Å². The second-order valence-electron chi connectivity index (χ2n) is 4.95. The Morgan fingerprint density at radius 1 is 1.53 bits per heavy atom. The molecule has 19 heavy (non-hydrogen) atoms. The van der Waals surface area contributed by atoms with Crippen molar-refractivity contribution in [2.45, 2.75) is 33.3 Å². The summed E-state index contributed by atoms with van der Waals surface area (Å²) in [7, 11) is 0. The van der Waals surface area contributed by atoms with Crippen molar-refractivity contribution >= 4 is 17.7 Å². The van der Waals surface area contributed by atoms with E-state index in [-0.39, 0.29) is 6.54 Å². The number of ether oxygens (including phenoxy) is 1. The van der Waals surface area contributed by atoms with Crippen molar-refractivity contribution in [3.05, 3.63) is 28.5 Å². The van der Waals surface area contributed by atoms with Gasteiger partial charge in [-0.3, -0.25) is 0 Å². The first-order valence-corrected chi connectivity index (χ1v) is 6.24. The van der Waals surface area contributed by atoms with Crippen molar-refractivity contribution in [3.63, 3.8) is 0 Å². The van der Waals surface area contributed by atoms with Gasteiger partial charge in [-0.25, -0.2) is 9.78 Å². The van der Waals surface area contributed by atoms with Gasteiger partial charge in [-0.2, -0.15) is 0 Å². The van der Waals surface area contributed by atoms with Crippen molar-refractivity contribution < 1.29 is 9.53 Å². The summed E-state index contributed by atoms with van der Waals surface area (Å²) in [6.45, 7) is 7.50. The minimum Gasteiger partial charge on any atom is -0.444 e. The molecule has 1 aromatic rings. The monoisotopic (exact) mass is 280 g/mol. The van der Waals surface area contributed by atoms with E-state index in [0.29, 0.717) is 10.7 Å². The summed E-state index contributed by atoms with van der Waals surface area (Å²) in [5, 5.41) is 2.92. The number of alkyl carbamates (subject to hydrolysis) is 1. The summed E-state index contributed by atoms with van der Waals surface area (Å²) in [6, 6.07) is 1.83. The highest BCUT2D eigenvalue weighted by atomic mass is 35.5. The van der Waals surface area contributed by atoms with Gasteiger partial charge in [0, 0.05) is 6.20 Å². The van der Waals surface area contributed by atoms with Crippen molar-refractivity contribution in [1.82, 2.24) is 10.3 Å². The van der Waals surface area contributed by atoms with Crippen molar-refractivity contribution in [2.75, 3.05) is 6.54 Å². The van der Waals surface area contributed by atoms with E-state index in [0.717, 1.165) is 5.56 Å². The van der Waals surface area contributed by atoms with E-state index in [1.165, 1.54) is 0 Å². The summed E-state index contributed by atoms with van der Waals surface area (Å²) in [5.74, 6) is 5.70. The number of carbonyl (C=O) groups excluding carboxylic acids is 1. The Kier molecular flexibility index (Phi) is 5.20. The quantitative estimate of drug-likeness (QED) is 0.636. The normalized spacial score (nSPS) is 10.4. The number of halogens is 1. The number of aryl methyl sites for hydroxylation is 1. The minimum absolute atomic E-state index is 0.194. The number of hydrogen-bond acceptors (Lipinski definition) is 3. The average molecular weight is 281 g/mol. The zero-order chi connectivity index (χ0) is 14.5. The lowest BCUT2D eigenvalue weighted by molar-refractivity contribution is 0.0535. The fourth-order valence-corrected chi connectivity index (χ4v) is 1.49. The van der Waals surface area contributed by atoms with E-state index >= 15 is 0 Å². The van der Waals surface area contributed by atoms with Crippen LogP contribution in [0.3, 0.4) is 0 Å². The van der Waals surface area contributed by atoms with E-state index in [1.54, 1.807) is 27.0 Å². The molecule has 0 aliphatic carbocycles. The summed E-state index contributed by atoms with van der Waals surface area (Å²) in [5.41, 5.74) is 1.11. The molecule has 4 nitrogen and oxygen atoms in total. The Hall–Kier alpha value is -1.73. The van der Waals surface area contributed by atoms with Gasteiger partial charge in [-0.05, 0) is 39.3 Å². The molecule has 0 aliphatic heterocycles. The number of pyridine rings is 1. The van der Waals surface area contributed by atoms with Crippen molar-refractivity contribution in [3.8, 4) is 11.8 Å². The zero-order valence-corrected chi connectivity index (χ0v) is 12.3. The summed E-state index contributed by atoms with van der Waals surface area (Å²) in [4.78, 5) is 15.3. The Morgan fingerprint density at radius 3 is 2.79 bits per heavy atom. The van der Waals surface area contributed by atoms with Gasteiger partial charge < -0.3 is 10.1 Å². The molecule has 1 aromatic heterocycles. The molecule has 1 rings (SSSR count). The van der Waals surface area contributed by atoms with E-state index in [4.69, 9.17) is 16.3 Å². The van der Waals surface area contributed by atoms with Gasteiger partial charge in [0.1, 0.15) is 10.8 Å². The molecule has 0 unspecified atom stereocenters. The highest BCUT2D eigenvalue weighted by molar-refractivity contribution is 6.30. The van der Waals surface area contributed by atoms with E-state index in [2.05, 4.69) is 22.1 Å². The van der Waals surface area contributed by atoms with E-state index in [1.807, 2.05) is 13.0 Å². The van der Waals surface area contributed by atoms with Gasteiger partial charge in [-0.15, -0.1) is 0 Å². The van der Waals surface area contributed by atoms with Gasteiger partial charge in [0.15, 0.2) is 0 Å². The number of aromatic nitrogens is 1. The molecular formula is C14H17ClN2O2. The van der Waals surface area contributed by atoms with Crippen LogP contribution in [0, 0.1) is 18.8 Å². The maximum absolute atomic E-state index is 11.4. The third-order valence-electron chi connectivity index (χ3n) is 2.05. The van der Waals surface area contributed by atoms with Crippen LogP contribution in [0.25, 0.3) is 0 Å². The zero-order valence-electron chi connectivity index (χ0n) is 11.5. The van der Waals surface area contributed by atoms with Crippen molar-refractivity contribution in [2.24, 2.45) is 0 Å². The first-order valence-electron chi connectivity index (χ1n) is 5.86. The largest absolute Gasteiger partial charge is 0.444 e. The first kappa shape index (κ1) is 15.3. The Balaban J connectivity index is 2.55. The predicted molar refractivity (Wildman–Crippen MR) is 75.1 cm³/mol. The number of hydrogen-bond donors (Lipinski definition) is 1. The topological polar surface area (TPSA) is 51.2 Å². The van der Waals surface area contributed by atoms with Gasteiger partial charge in [0.05, 0.1) is 12.1 Å². The van der Waals surface area contributed by atoms with Crippen LogP contribution < -0.4 is 5.32 Å². The summed E-state index contributed by atoms with van der Waals surface area (Å²) in [6.07, 6.45) is 1.14. The molecule has 0 aromatic carbocycles. The fourth-order valence-electron chi connectivity index (χ4n) is 1.24. The van der Waals surface area contributed by atoms with Crippen LogP contribution in [-0.4, -0.2) is 23.2 Å². The van der Waals surface area contributed by atoms with E-state index < -0.39 is 11.7 Å². The minimum atomic E-state index is -0.513. The SMILES string of the molecule is Cc1ccnc(Cl)c1C#CCNC(=O)OC(C)(C)C. The molecule has 0 atom stereocenters. The fraction of sp³-hybridized carbons (Fsp3) is 0.429. The molecule has 102 valence electrons. The maximum Gasteiger partial charge on any atom is 0.408 e. The molecule has 0 radical (unpaired) electrons. The van der Waals surface area contributed by atoms with E-state index in [9.17, 15) is 4.79 Å². The molecule has 0 spiro atoms. The molecule has 1 N–H and O–H groups in total. The lowest BCUT2D eigenvalue weighted by atomic mass is 10.2. The number of rotatable bonds is 1. The lowest BCUT2D eigenvalue weighted by Gasteiger charge is -2.19. The molecule has 0 saturated carbocycles. The average Bonchev–Trinajstić information content (AvgIpc) is 2.25. The van der Waals surface area contributed by atoms with Crippen LogP contribution in [-0.2, 0) is 4.74 Å². The van der Waals surface area contributed by atoms with Crippen LogP contribution in [0.2, 0.25) is 5.15 Å². The van der Waals surface area contributed by atoms with Gasteiger partial charge in [0.2, 0.25) is 0 Å². The first-order chi connectivity index (χ1) is 8.79. The number of amides is 1. The van der Waals surface area contributed by atoms with Crippen LogP contribution in [0.1, 0.15) is 31.9 Å². The highest BCUT2D eigenvalue weighted by Crippen LogP contribution is 2.14. The van der Waals surface area contributed by atoms with Crippen LogP contribution in [0.5, 0.6) is 0 Å².